The van der Waals surface area contributed by atoms with E-state index in [1.807, 2.05) is 6.20 Å². The summed E-state index contributed by atoms with van der Waals surface area (Å²) in [5.74, 6) is 1.91. The molecule has 2 nitrogen and oxygen atoms in total. The van der Waals surface area contributed by atoms with Gasteiger partial charge in [0, 0.05) is 24.4 Å². The molecule has 0 aliphatic rings. The van der Waals surface area contributed by atoms with Gasteiger partial charge in [-0.25, -0.2) is 4.98 Å². The first kappa shape index (κ1) is 30.2. The smallest absolute Gasteiger partial charge is 0.111 e. The average molecular weight is 461 g/mol. The molecule has 0 saturated carbocycles. The zero-order chi connectivity index (χ0) is 24.0. The summed E-state index contributed by atoms with van der Waals surface area (Å²) in [5, 5.41) is 0. The largest absolute Gasteiger partial charge is 0.332 e. The Balaban J connectivity index is 2.04. The van der Waals surface area contributed by atoms with E-state index in [-0.39, 0.29) is 0 Å². The molecule has 1 rings (SSSR count). The molecule has 194 valence electrons. The molecule has 0 fully saturated rings. The number of imidazole rings is 1. The van der Waals surface area contributed by atoms with E-state index in [9.17, 15) is 0 Å². The molecule has 0 N–H and O–H groups in total. The number of unbranched alkanes of at least 4 members (excludes halogenated alkanes) is 18. The van der Waals surface area contributed by atoms with E-state index in [1.165, 1.54) is 147 Å². The molecule has 2 heteroatoms. The van der Waals surface area contributed by atoms with Crippen LogP contribution in [0.15, 0.2) is 12.4 Å². The van der Waals surface area contributed by atoms with Crippen LogP contribution in [0.25, 0.3) is 0 Å². The van der Waals surface area contributed by atoms with Crippen molar-refractivity contribution in [3.8, 4) is 0 Å². The molecule has 0 aromatic carbocycles. The van der Waals surface area contributed by atoms with Crippen LogP contribution in [0, 0.1) is 0 Å². The van der Waals surface area contributed by atoms with Gasteiger partial charge in [-0.2, -0.15) is 0 Å². The minimum Gasteiger partial charge on any atom is -0.332 e. The third-order valence-electron chi connectivity index (χ3n) is 7.58. The van der Waals surface area contributed by atoms with Gasteiger partial charge < -0.3 is 4.57 Å². The lowest BCUT2D eigenvalue weighted by atomic mass is 9.99. The van der Waals surface area contributed by atoms with Gasteiger partial charge in [-0.3, -0.25) is 0 Å². The summed E-state index contributed by atoms with van der Waals surface area (Å²) in [5.41, 5.74) is 0. The molecule has 0 spiro atoms. The summed E-state index contributed by atoms with van der Waals surface area (Å²) in [4.78, 5) is 4.75. The van der Waals surface area contributed by atoms with Gasteiger partial charge in [-0.15, -0.1) is 0 Å². The first-order valence-electron chi connectivity index (χ1n) is 15.2. The van der Waals surface area contributed by atoms with Crippen LogP contribution in [-0.2, 0) is 0 Å². The van der Waals surface area contributed by atoms with Gasteiger partial charge in [0.15, 0.2) is 0 Å². The molecule has 0 amide bonds. The van der Waals surface area contributed by atoms with Crippen molar-refractivity contribution in [2.75, 3.05) is 0 Å². The van der Waals surface area contributed by atoms with Gasteiger partial charge in [0.2, 0.25) is 0 Å². The van der Waals surface area contributed by atoms with E-state index < -0.39 is 0 Å². The van der Waals surface area contributed by atoms with E-state index in [0.717, 1.165) is 0 Å². The highest BCUT2D eigenvalue weighted by Crippen LogP contribution is 2.26. The standard InChI is InChI=1S/C31H60N2/c1-5-7-9-11-13-14-15-16-17-18-19-20-21-23-25-29(3)31-32-27-28-33(31)30(4)26-24-22-12-10-8-6-2/h27-30H,5-26H2,1-4H3. The van der Waals surface area contributed by atoms with Gasteiger partial charge in [0.1, 0.15) is 5.82 Å². The molecule has 0 saturated heterocycles. The van der Waals surface area contributed by atoms with Crippen LogP contribution in [0.5, 0.6) is 0 Å². The monoisotopic (exact) mass is 460 g/mol. The quantitative estimate of drug-likeness (QED) is 0.140. The molecule has 1 aromatic rings. The van der Waals surface area contributed by atoms with Crippen LogP contribution >= 0.6 is 0 Å². The molecule has 0 aliphatic carbocycles. The van der Waals surface area contributed by atoms with Gasteiger partial charge in [-0.1, -0.05) is 149 Å². The van der Waals surface area contributed by atoms with Crippen molar-refractivity contribution in [2.45, 2.75) is 181 Å². The highest BCUT2D eigenvalue weighted by atomic mass is 15.1. The number of nitrogens with zero attached hydrogens (tertiary/aromatic N) is 2. The van der Waals surface area contributed by atoms with Crippen molar-refractivity contribution in [3.05, 3.63) is 18.2 Å². The van der Waals surface area contributed by atoms with E-state index >= 15 is 0 Å². The molecule has 0 aliphatic heterocycles. The summed E-state index contributed by atoms with van der Waals surface area (Å²) in [6, 6.07) is 0.590. The maximum absolute atomic E-state index is 4.75. The number of rotatable bonds is 24. The van der Waals surface area contributed by atoms with Gasteiger partial charge in [-0.05, 0) is 19.8 Å². The van der Waals surface area contributed by atoms with Crippen LogP contribution in [0.1, 0.15) is 187 Å². The summed E-state index contributed by atoms with van der Waals surface area (Å²) < 4.78 is 2.47. The Morgan fingerprint density at radius 3 is 1.42 bits per heavy atom. The fourth-order valence-corrected chi connectivity index (χ4v) is 5.21. The Hall–Kier alpha value is -0.790. The Morgan fingerprint density at radius 2 is 0.970 bits per heavy atom. The second kappa shape index (κ2) is 21.7. The summed E-state index contributed by atoms with van der Waals surface area (Å²) in [7, 11) is 0. The Kier molecular flexibility index (Phi) is 19.9. The number of hydrogen-bond acceptors (Lipinski definition) is 1. The molecule has 1 heterocycles. The second-order valence-electron chi connectivity index (χ2n) is 10.9. The first-order chi connectivity index (χ1) is 16.2. The first-order valence-corrected chi connectivity index (χ1v) is 15.2. The third kappa shape index (κ3) is 15.7. The summed E-state index contributed by atoms with van der Waals surface area (Å²) in [6.45, 7) is 9.37. The predicted molar refractivity (Wildman–Crippen MR) is 148 cm³/mol. The predicted octanol–water partition coefficient (Wildman–Crippen LogP) is 11.2. The maximum atomic E-state index is 4.75. The van der Waals surface area contributed by atoms with Crippen molar-refractivity contribution in [3.63, 3.8) is 0 Å². The van der Waals surface area contributed by atoms with Gasteiger partial charge in [0.05, 0.1) is 0 Å². The minimum absolute atomic E-state index is 0.587. The molecule has 2 unspecified atom stereocenters. The highest BCUT2D eigenvalue weighted by Gasteiger charge is 2.15. The van der Waals surface area contributed by atoms with Crippen molar-refractivity contribution in [1.82, 2.24) is 9.55 Å². The van der Waals surface area contributed by atoms with Gasteiger partial charge in [0.25, 0.3) is 0 Å². The topological polar surface area (TPSA) is 17.8 Å². The zero-order valence-electron chi connectivity index (χ0n) is 23.3. The zero-order valence-corrected chi connectivity index (χ0v) is 23.3. The maximum Gasteiger partial charge on any atom is 0.111 e. The van der Waals surface area contributed by atoms with Crippen LogP contribution in [0.3, 0.4) is 0 Å². The molecule has 1 aromatic heterocycles. The molecular weight excluding hydrogens is 400 g/mol. The SMILES string of the molecule is CCCCCCCCCCCCCCCCC(C)c1nccn1C(C)CCCCCCCC. The number of aromatic nitrogens is 2. The molecular formula is C31H60N2. The lowest BCUT2D eigenvalue weighted by Gasteiger charge is -2.20. The Morgan fingerprint density at radius 1 is 0.576 bits per heavy atom. The molecule has 0 bridgehead atoms. The normalized spacial score (nSPS) is 13.5. The molecule has 33 heavy (non-hydrogen) atoms. The molecule has 2 atom stereocenters. The Bertz CT molecular complexity index is 521. The van der Waals surface area contributed by atoms with Crippen LogP contribution < -0.4 is 0 Å². The summed E-state index contributed by atoms with van der Waals surface area (Å²) in [6.07, 6.45) is 35.2. The number of hydrogen-bond donors (Lipinski definition) is 0. The van der Waals surface area contributed by atoms with E-state index in [2.05, 4.69) is 38.5 Å². The second-order valence-corrected chi connectivity index (χ2v) is 10.9. The van der Waals surface area contributed by atoms with Crippen molar-refractivity contribution in [1.29, 1.82) is 0 Å². The van der Waals surface area contributed by atoms with Crippen LogP contribution in [0.2, 0.25) is 0 Å². The lowest BCUT2D eigenvalue weighted by Crippen LogP contribution is -2.11. The van der Waals surface area contributed by atoms with Crippen molar-refractivity contribution in [2.24, 2.45) is 0 Å². The lowest BCUT2D eigenvalue weighted by molar-refractivity contribution is 0.436. The highest BCUT2D eigenvalue weighted by molar-refractivity contribution is 5.00. The van der Waals surface area contributed by atoms with Gasteiger partial charge >= 0.3 is 0 Å². The van der Waals surface area contributed by atoms with E-state index in [0.29, 0.717) is 12.0 Å². The van der Waals surface area contributed by atoms with Crippen molar-refractivity contribution >= 4 is 0 Å². The fraction of sp³-hybridized carbons (Fsp3) is 0.903. The van der Waals surface area contributed by atoms with Crippen LogP contribution in [-0.4, -0.2) is 9.55 Å². The molecule has 0 radical (unpaired) electrons. The fourth-order valence-electron chi connectivity index (χ4n) is 5.21. The Labute approximate surface area is 208 Å². The third-order valence-corrected chi connectivity index (χ3v) is 7.58. The van der Waals surface area contributed by atoms with Crippen molar-refractivity contribution < 1.29 is 0 Å². The van der Waals surface area contributed by atoms with E-state index in [1.54, 1.807) is 0 Å². The minimum atomic E-state index is 0.587. The van der Waals surface area contributed by atoms with E-state index in [4.69, 9.17) is 4.98 Å². The average Bonchev–Trinajstić information content (AvgIpc) is 3.31. The van der Waals surface area contributed by atoms with Crippen LogP contribution in [0.4, 0.5) is 0 Å². The summed E-state index contributed by atoms with van der Waals surface area (Å²) >= 11 is 0.